The van der Waals surface area contributed by atoms with Gasteiger partial charge in [0.2, 0.25) is 0 Å². The Kier molecular flexibility index (Phi) is 19.7. The van der Waals surface area contributed by atoms with Gasteiger partial charge in [0.25, 0.3) is 0 Å². The van der Waals surface area contributed by atoms with Gasteiger partial charge in [0.05, 0.1) is 0 Å². The third-order valence-electron chi connectivity index (χ3n) is 9.13. The number of hydrogen-bond donors (Lipinski definition) is 0. The third kappa shape index (κ3) is 13.3. The van der Waals surface area contributed by atoms with Crippen LogP contribution in [-0.2, 0) is 24.6 Å². The number of hydrogen-bond acceptors (Lipinski definition) is 1. The van der Waals surface area contributed by atoms with Gasteiger partial charge in [-0.3, -0.25) is 0 Å². The summed E-state index contributed by atoms with van der Waals surface area (Å²) in [5.41, 5.74) is 0. The van der Waals surface area contributed by atoms with E-state index in [4.69, 9.17) is 4.79 Å². The zero-order chi connectivity index (χ0) is 40.7. The standard InChI is InChI=1S/3C18H15P.CH2O.Os.4H/c3*1-4-10-16(11-5-1)19(17-12-6-2-7-13-17)18-14-8-3-9-15-18;1-2;;;;;/h3*1-15H;1H2;;;;;/q;;;;+4;4*-1. The predicted molar refractivity (Wildman–Crippen MR) is 267 cm³/mol. The summed E-state index contributed by atoms with van der Waals surface area (Å²) in [4.78, 5) is 8.00. The van der Waals surface area contributed by atoms with Gasteiger partial charge in [0.15, 0.2) is 0 Å². The van der Waals surface area contributed by atoms with Crippen LogP contribution in [0, 0.1) is 0 Å². The molecule has 0 saturated heterocycles. The molecule has 0 radical (unpaired) electrons. The molecule has 300 valence electrons. The van der Waals surface area contributed by atoms with Crippen molar-refractivity contribution in [1.82, 2.24) is 0 Å². The van der Waals surface area contributed by atoms with E-state index >= 15 is 0 Å². The van der Waals surface area contributed by atoms with Crippen LogP contribution in [0.3, 0.4) is 0 Å². The van der Waals surface area contributed by atoms with E-state index in [0.717, 1.165) is 0 Å². The molecule has 0 aliphatic carbocycles. The van der Waals surface area contributed by atoms with Crippen molar-refractivity contribution < 1.29 is 30.3 Å². The first-order valence-electron chi connectivity index (χ1n) is 19.5. The maximum absolute atomic E-state index is 8.00. The molecule has 5 heteroatoms. The number of benzene rings is 9. The molecule has 1 nitrogen and oxygen atoms in total. The third-order valence-corrected chi connectivity index (χ3v) is 16.5. The molecule has 0 atom stereocenters. The van der Waals surface area contributed by atoms with Crippen LogP contribution < -0.4 is 47.7 Å². The van der Waals surface area contributed by atoms with Crippen molar-refractivity contribution in [3.05, 3.63) is 273 Å². The monoisotopic (exact) mass is 1010 g/mol. The molecule has 0 fully saturated rings. The molecule has 0 aliphatic heterocycles. The van der Waals surface area contributed by atoms with E-state index in [1.807, 2.05) is 6.79 Å². The van der Waals surface area contributed by atoms with Gasteiger partial charge in [-0.15, -0.1) is 0 Å². The van der Waals surface area contributed by atoms with Crippen LogP contribution >= 0.6 is 23.8 Å². The van der Waals surface area contributed by atoms with Crippen molar-refractivity contribution in [1.29, 1.82) is 0 Å². The average molecular weight is 1010 g/mol. The largest absolute Gasteiger partial charge is 4.00 e. The Hall–Kier alpha value is -5.42. The summed E-state index contributed by atoms with van der Waals surface area (Å²) in [5, 5.41) is 12.6. The van der Waals surface area contributed by atoms with Crippen LogP contribution in [0.25, 0.3) is 0 Å². The molecule has 0 spiro atoms. The number of rotatable bonds is 9. The summed E-state index contributed by atoms with van der Waals surface area (Å²) in [7, 11) is -1.34. The zero-order valence-electron chi connectivity index (χ0n) is 37.3. The molecule has 0 heterocycles. The fraction of sp³-hybridized carbons (Fsp3) is 0. The van der Waals surface area contributed by atoms with Gasteiger partial charge >= 0.3 is 19.8 Å². The van der Waals surface area contributed by atoms with E-state index in [2.05, 4.69) is 273 Å². The minimum atomic E-state index is -0.446. The van der Waals surface area contributed by atoms with Crippen LogP contribution in [0.2, 0.25) is 0 Å². The van der Waals surface area contributed by atoms with Gasteiger partial charge in [-0.1, -0.05) is 273 Å². The average Bonchev–Trinajstić information content (AvgIpc) is 3.34. The summed E-state index contributed by atoms with van der Waals surface area (Å²) in [5.74, 6) is 0. The molecule has 0 bridgehead atoms. The Labute approximate surface area is 379 Å². The van der Waals surface area contributed by atoms with Gasteiger partial charge < -0.3 is 10.5 Å². The molecule has 9 rings (SSSR count). The van der Waals surface area contributed by atoms with Gasteiger partial charge in [-0.25, -0.2) is 0 Å². The molecular weight excluding hydrogens is 960 g/mol. The van der Waals surface area contributed by atoms with Gasteiger partial charge in [-0.2, -0.15) is 0 Å². The summed E-state index contributed by atoms with van der Waals surface area (Å²) in [6.07, 6.45) is 0. The SMILES string of the molecule is C=O.[H-].[H-].[H-].[H-].[Os+4].c1ccc(P(c2ccccc2)c2ccccc2)cc1.c1ccc(P(c2ccccc2)c2ccccc2)cc1.c1ccc(P(c2ccccc2)c2ccccc2)cc1. The molecule has 0 amide bonds. The molecule has 0 saturated carbocycles. The number of carbonyl (C=O) groups is 1. The van der Waals surface area contributed by atoms with Crippen molar-refractivity contribution in [2.45, 2.75) is 0 Å². The van der Waals surface area contributed by atoms with Crippen LogP contribution in [0.15, 0.2) is 273 Å². The summed E-state index contributed by atoms with van der Waals surface area (Å²) >= 11 is 0. The van der Waals surface area contributed by atoms with E-state index in [0.29, 0.717) is 0 Å². The Bertz CT molecular complexity index is 1910. The minimum absolute atomic E-state index is 0. The van der Waals surface area contributed by atoms with Crippen molar-refractivity contribution in [3.63, 3.8) is 0 Å². The Morgan fingerprint density at radius 3 is 0.367 bits per heavy atom. The fourth-order valence-electron chi connectivity index (χ4n) is 6.54. The van der Waals surface area contributed by atoms with Crippen LogP contribution in [0.1, 0.15) is 5.71 Å². The zero-order valence-corrected chi connectivity index (χ0v) is 38.5. The van der Waals surface area contributed by atoms with E-state index in [1.54, 1.807) is 0 Å². The van der Waals surface area contributed by atoms with E-state index in [9.17, 15) is 0 Å². The molecule has 60 heavy (non-hydrogen) atoms. The summed E-state index contributed by atoms with van der Waals surface area (Å²) in [6.45, 7) is 2.00. The molecular formula is C55H51OOsP3. The van der Waals surface area contributed by atoms with E-state index < -0.39 is 23.8 Å². The van der Waals surface area contributed by atoms with Crippen molar-refractivity contribution >= 4 is 78.3 Å². The molecule has 9 aromatic rings. The molecule has 9 aromatic carbocycles. The minimum Gasteiger partial charge on any atom is -1.00 e. The second-order valence-corrected chi connectivity index (χ2v) is 19.7. The van der Waals surface area contributed by atoms with Crippen molar-refractivity contribution in [2.75, 3.05) is 0 Å². The Balaban J connectivity index is 0.000000453. The summed E-state index contributed by atoms with van der Waals surface area (Å²) < 4.78 is 0. The molecule has 0 aliphatic rings. The number of carbonyl (C=O) groups excluding carboxylic acids is 1. The predicted octanol–water partition coefficient (Wildman–Crippen LogP) is 10.6. The van der Waals surface area contributed by atoms with Gasteiger partial charge in [0, 0.05) is 0 Å². The molecule has 0 unspecified atom stereocenters. The van der Waals surface area contributed by atoms with Crippen LogP contribution in [0.5, 0.6) is 0 Å². The quantitative estimate of drug-likeness (QED) is 0.132. The maximum atomic E-state index is 8.00. The first kappa shape index (κ1) is 45.7. The van der Waals surface area contributed by atoms with Crippen LogP contribution in [-0.4, -0.2) is 6.79 Å². The van der Waals surface area contributed by atoms with Gasteiger partial charge in [0.1, 0.15) is 6.79 Å². The van der Waals surface area contributed by atoms with E-state index in [1.165, 1.54) is 47.7 Å². The first-order valence-corrected chi connectivity index (χ1v) is 23.5. The second kappa shape index (κ2) is 25.9. The fourth-order valence-corrected chi connectivity index (χ4v) is 13.5. The maximum Gasteiger partial charge on any atom is 4.00 e. The second-order valence-electron chi connectivity index (χ2n) is 13.0. The first-order chi connectivity index (χ1) is 29.3. The molecule has 0 N–H and O–H groups in total. The molecule has 0 aromatic heterocycles. The normalized spacial score (nSPS) is 10.1. The van der Waals surface area contributed by atoms with Crippen molar-refractivity contribution in [2.24, 2.45) is 0 Å². The van der Waals surface area contributed by atoms with Gasteiger partial charge in [-0.05, 0) is 71.5 Å². The Morgan fingerprint density at radius 2 is 0.283 bits per heavy atom. The van der Waals surface area contributed by atoms with Crippen molar-refractivity contribution in [3.8, 4) is 0 Å². The van der Waals surface area contributed by atoms with Crippen LogP contribution in [0.4, 0.5) is 0 Å². The Morgan fingerprint density at radius 1 is 0.200 bits per heavy atom. The summed E-state index contributed by atoms with van der Waals surface area (Å²) in [6, 6.07) is 97.0. The smallest absolute Gasteiger partial charge is 1.00 e. The topological polar surface area (TPSA) is 17.1 Å². The van der Waals surface area contributed by atoms with E-state index in [-0.39, 0.29) is 25.5 Å².